The molecule has 0 bridgehead atoms. The molecular weight excluding hydrogens is 392 g/mol. The first kappa shape index (κ1) is 18.8. The zero-order valence-corrected chi connectivity index (χ0v) is 15.6. The molecule has 2 heterocycles. The van der Waals surface area contributed by atoms with E-state index in [1.165, 1.54) is 30.0 Å². The van der Waals surface area contributed by atoms with Crippen LogP contribution in [0.15, 0.2) is 47.9 Å². The SMILES string of the molecule is Cn1c(SCC(=O)Nc2cc(Cl)ccc2[N+](=O)[O-])nnc1-c1ccncc1. The van der Waals surface area contributed by atoms with Crippen LogP contribution in [0.3, 0.4) is 0 Å². The Morgan fingerprint density at radius 1 is 1.30 bits per heavy atom. The number of halogens is 1. The molecule has 0 aliphatic carbocycles. The Kier molecular flexibility index (Phi) is 5.67. The third-order valence-electron chi connectivity index (χ3n) is 3.54. The lowest BCUT2D eigenvalue weighted by atomic mass is 10.2. The molecule has 0 fully saturated rings. The van der Waals surface area contributed by atoms with E-state index in [1.807, 2.05) is 12.1 Å². The van der Waals surface area contributed by atoms with E-state index in [4.69, 9.17) is 11.6 Å². The largest absolute Gasteiger partial charge is 0.320 e. The molecule has 0 radical (unpaired) electrons. The van der Waals surface area contributed by atoms with Gasteiger partial charge in [0.05, 0.1) is 10.7 Å². The van der Waals surface area contributed by atoms with Crippen LogP contribution in [-0.4, -0.2) is 36.3 Å². The number of nitrogens with zero attached hydrogens (tertiary/aromatic N) is 5. The van der Waals surface area contributed by atoms with Gasteiger partial charge < -0.3 is 9.88 Å². The van der Waals surface area contributed by atoms with E-state index in [-0.39, 0.29) is 17.1 Å². The van der Waals surface area contributed by atoms with E-state index >= 15 is 0 Å². The molecule has 27 heavy (non-hydrogen) atoms. The molecule has 0 aliphatic rings. The number of amides is 1. The molecule has 138 valence electrons. The van der Waals surface area contributed by atoms with Crippen molar-refractivity contribution in [3.63, 3.8) is 0 Å². The van der Waals surface area contributed by atoms with Crippen LogP contribution in [0.2, 0.25) is 5.02 Å². The third-order valence-corrected chi connectivity index (χ3v) is 4.79. The van der Waals surface area contributed by atoms with Gasteiger partial charge in [0.25, 0.3) is 5.69 Å². The number of hydrogen-bond acceptors (Lipinski definition) is 7. The van der Waals surface area contributed by atoms with Gasteiger partial charge in [0.15, 0.2) is 11.0 Å². The highest BCUT2D eigenvalue weighted by Crippen LogP contribution is 2.28. The van der Waals surface area contributed by atoms with Gasteiger partial charge in [-0.3, -0.25) is 19.9 Å². The molecule has 1 aromatic carbocycles. The summed E-state index contributed by atoms with van der Waals surface area (Å²) < 4.78 is 1.76. The van der Waals surface area contributed by atoms with Crippen molar-refractivity contribution in [3.8, 4) is 11.4 Å². The van der Waals surface area contributed by atoms with Crippen molar-refractivity contribution in [3.05, 3.63) is 57.9 Å². The standard InChI is InChI=1S/C16H13ClN6O3S/c1-22-15(10-4-6-18-7-5-10)20-21-16(22)27-9-14(24)19-12-8-11(17)2-3-13(12)23(25)26/h2-8H,9H2,1H3,(H,19,24). The van der Waals surface area contributed by atoms with Crippen molar-refractivity contribution in [1.82, 2.24) is 19.7 Å². The second kappa shape index (κ2) is 8.14. The summed E-state index contributed by atoms with van der Waals surface area (Å²) in [6, 6.07) is 7.60. The summed E-state index contributed by atoms with van der Waals surface area (Å²) in [6.07, 6.45) is 3.31. The quantitative estimate of drug-likeness (QED) is 0.381. The van der Waals surface area contributed by atoms with Gasteiger partial charge in [0, 0.05) is 36.1 Å². The fraction of sp³-hybridized carbons (Fsp3) is 0.125. The van der Waals surface area contributed by atoms with Crippen LogP contribution >= 0.6 is 23.4 Å². The lowest BCUT2D eigenvalue weighted by molar-refractivity contribution is -0.383. The molecule has 3 aromatic rings. The Morgan fingerprint density at radius 3 is 2.74 bits per heavy atom. The van der Waals surface area contributed by atoms with Crippen LogP contribution in [0, 0.1) is 10.1 Å². The molecule has 0 spiro atoms. The summed E-state index contributed by atoms with van der Waals surface area (Å²) in [7, 11) is 1.79. The molecule has 1 amide bonds. The summed E-state index contributed by atoms with van der Waals surface area (Å²) in [5.74, 6) is 0.232. The van der Waals surface area contributed by atoms with Crippen molar-refractivity contribution in [2.24, 2.45) is 7.05 Å². The monoisotopic (exact) mass is 404 g/mol. The fourth-order valence-electron chi connectivity index (χ4n) is 2.28. The molecule has 11 heteroatoms. The lowest BCUT2D eigenvalue weighted by Gasteiger charge is -2.07. The Morgan fingerprint density at radius 2 is 2.04 bits per heavy atom. The zero-order valence-electron chi connectivity index (χ0n) is 14.0. The van der Waals surface area contributed by atoms with Gasteiger partial charge in [0.1, 0.15) is 5.69 Å². The Bertz CT molecular complexity index is 995. The molecule has 0 aliphatic heterocycles. The highest BCUT2D eigenvalue weighted by molar-refractivity contribution is 7.99. The van der Waals surface area contributed by atoms with Gasteiger partial charge in [0.2, 0.25) is 5.91 Å². The zero-order chi connectivity index (χ0) is 19.4. The van der Waals surface area contributed by atoms with E-state index in [0.29, 0.717) is 16.0 Å². The van der Waals surface area contributed by atoms with Gasteiger partial charge in [-0.15, -0.1) is 10.2 Å². The molecule has 0 atom stereocenters. The van der Waals surface area contributed by atoms with Crippen LogP contribution in [0.4, 0.5) is 11.4 Å². The summed E-state index contributed by atoms with van der Waals surface area (Å²) >= 11 is 7.02. The van der Waals surface area contributed by atoms with E-state index in [0.717, 1.165) is 5.56 Å². The minimum Gasteiger partial charge on any atom is -0.320 e. The maximum atomic E-state index is 12.2. The predicted molar refractivity (Wildman–Crippen MR) is 102 cm³/mol. The number of nitro benzene ring substituents is 1. The van der Waals surface area contributed by atoms with Crippen molar-refractivity contribution < 1.29 is 9.72 Å². The average Bonchev–Trinajstić information content (AvgIpc) is 3.01. The van der Waals surface area contributed by atoms with Gasteiger partial charge in [-0.05, 0) is 24.3 Å². The molecular formula is C16H13ClN6O3S. The van der Waals surface area contributed by atoms with Crippen molar-refractivity contribution in [1.29, 1.82) is 0 Å². The minimum absolute atomic E-state index is 0.00594. The number of anilines is 1. The summed E-state index contributed by atoms with van der Waals surface area (Å²) in [5.41, 5.74) is 0.677. The van der Waals surface area contributed by atoms with Crippen LogP contribution in [0.1, 0.15) is 0 Å². The summed E-state index contributed by atoms with van der Waals surface area (Å²) in [4.78, 5) is 26.6. The Labute approximate surface area is 162 Å². The number of nitrogens with one attached hydrogen (secondary N) is 1. The van der Waals surface area contributed by atoms with Gasteiger partial charge in [-0.1, -0.05) is 23.4 Å². The van der Waals surface area contributed by atoms with Gasteiger partial charge in [-0.25, -0.2) is 0 Å². The first-order valence-electron chi connectivity index (χ1n) is 7.62. The average molecular weight is 405 g/mol. The maximum absolute atomic E-state index is 12.2. The number of rotatable bonds is 6. The van der Waals surface area contributed by atoms with Crippen LogP contribution in [0.25, 0.3) is 11.4 Å². The van der Waals surface area contributed by atoms with Crippen LogP contribution < -0.4 is 5.32 Å². The van der Waals surface area contributed by atoms with E-state index < -0.39 is 10.8 Å². The van der Waals surface area contributed by atoms with Crippen LogP contribution in [0.5, 0.6) is 0 Å². The first-order chi connectivity index (χ1) is 13.0. The number of aromatic nitrogens is 4. The lowest BCUT2D eigenvalue weighted by Crippen LogP contribution is -2.15. The summed E-state index contributed by atoms with van der Waals surface area (Å²) in [5, 5.41) is 22.6. The van der Waals surface area contributed by atoms with E-state index in [2.05, 4.69) is 20.5 Å². The van der Waals surface area contributed by atoms with Crippen molar-refractivity contribution in [2.75, 3.05) is 11.1 Å². The first-order valence-corrected chi connectivity index (χ1v) is 8.98. The van der Waals surface area contributed by atoms with E-state index in [9.17, 15) is 14.9 Å². The Hall–Kier alpha value is -2.98. The molecule has 0 unspecified atom stereocenters. The number of thioether (sulfide) groups is 1. The normalized spacial score (nSPS) is 10.6. The Balaban J connectivity index is 1.68. The fourth-order valence-corrected chi connectivity index (χ4v) is 3.16. The topological polar surface area (TPSA) is 116 Å². The maximum Gasteiger partial charge on any atom is 0.292 e. The second-order valence-electron chi connectivity index (χ2n) is 5.36. The number of benzene rings is 1. The third kappa shape index (κ3) is 4.41. The molecule has 3 rings (SSSR count). The molecule has 9 nitrogen and oxygen atoms in total. The number of carbonyl (C=O) groups excluding carboxylic acids is 1. The van der Waals surface area contributed by atoms with Crippen molar-refractivity contribution in [2.45, 2.75) is 5.16 Å². The highest BCUT2D eigenvalue weighted by Gasteiger charge is 2.17. The predicted octanol–water partition coefficient (Wildman–Crippen LogP) is 3.17. The van der Waals surface area contributed by atoms with Crippen molar-refractivity contribution >= 4 is 40.6 Å². The number of hydrogen-bond donors (Lipinski definition) is 1. The minimum atomic E-state index is -0.581. The smallest absolute Gasteiger partial charge is 0.292 e. The molecule has 1 N–H and O–H groups in total. The number of pyridine rings is 1. The number of carbonyl (C=O) groups is 1. The molecule has 2 aromatic heterocycles. The molecule has 0 saturated carbocycles. The van der Waals surface area contributed by atoms with Crippen LogP contribution in [-0.2, 0) is 11.8 Å². The summed E-state index contributed by atoms with van der Waals surface area (Å²) in [6.45, 7) is 0. The van der Waals surface area contributed by atoms with E-state index in [1.54, 1.807) is 24.0 Å². The molecule has 0 saturated heterocycles. The number of nitro groups is 1. The highest BCUT2D eigenvalue weighted by atomic mass is 35.5. The van der Waals surface area contributed by atoms with Gasteiger partial charge in [-0.2, -0.15) is 0 Å². The van der Waals surface area contributed by atoms with Gasteiger partial charge >= 0.3 is 0 Å². The second-order valence-corrected chi connectivity index (χ2v) is 6.74.